The van der Waals surface area contributed by atoms with Gasteiger partial charge in [0.05, 0.1) is 32.7 Å². The normalized spacial score (nSPS) is 16.0. The lowest BCUT2D eigenvalue weighted by Gasteiger charge is -2.35. The summed E-state index contributed by atoms with van der Waals surface area (Å²) in [6, 6.07) is 8.54. The molecule has 1 fully saturated rings. The first-order valence-corrected chi connectivity index (χ1v) is 9.66. The molecule has 3 rings (SSSR count). The van der Waals surface area contributed by atoms with E-state index in [2.05, 4.69) is 37.6 Å². The van der Waals surface area contributed by atoms with Gasteiger partial charge in [-0.05, 0) is 17.7 Å². The topological polar surface area (TPSA) is 75.9 Å². The van der Waals surface area contributed by atoms with Crippen LogP contribution in [-0.4, -0.2) is 74.0 Å². The van der Waals surface area contributed by atoms with E-state index in [1.807, 2.05) is 29.2 Å². The Morgan fingerprint density at radius 3 is 2.62 bits per heavy atom. The molecule has 1 aromatic carbocycles. The number of benzene rings is 1. The fraction of sp³-hybridized carbons (Fsp3) is 0.500. The monoisotopic (exact) mass is 514 g/mol. The molecule has 29 heavy (non-hydrogen) atoms. The van der Waals surface area contributed by atoms with Crippen LogP contribution in [0.1, 0.15) is 11.6 Å². The van der Waals surface area contributed by atoms with Gasteiger partial charge < -0.3 is 24.7 Å². The van der Waals surface area contributed by atoms with Crippen LogP contribution in [-0.2, 0) is 11.3 Å². The van der Waals surface area contributed by atoms with Gasteiger partial charge in [0, 0.05) is 52.2 Å². The lowest BCUT2D eigenvalue weighted by molar-refractivity contribution is 0.0170. The average Bonchev–Trinajstić information content (AvgIpc) is 3.27. The van der Waals surface area contributed by atoms with Crippen LogP contribution in [0.3, 0.4) is 0 Å². The predicted molar refractivity (Wildman–Crippen MR) is 125 cm³/mol. The summed E-state index contributed by atoms with van der Waals surface area (Å²) in [5, 5.41) is 6.84. The van der Waals surface area contributed by atoms with Gasteiger partial charge in [-0.3, -0.25) is 9.89 Å². The first kappa shape index (κ1) is 23.4. The summed E-state index contributed by atoms with van der Waals surface area (Å²) in [7, 11) is 3.49. The van der Waals surface area contributed by atoms with Crippen LogP contribution >= 0.6 is 24.0 Å². The highest BCUT2D eigenvalue weighted by molar-refractivity contribution is 14.0. The fourth-order valence-electron chi connectivity index (χ4n) is 3.31. The second-order valence-corrected chi connectivity index (χ2v) is 6.62. The summed E-state index contributed by atoms with van der Waals surface area (Å²) in [6.07, 6.45) is 5.56. The van der Waals surface area contributed by atoms with Crippen LogP contribution in [0.25, 0.3) is 0 Å². The molecule has 2 N–H and O–H groups in total. The van der Waals surface area contributed by atoms with Crippen molar-refractivity contribution in [1.82, 2.24) is 25.1 Å². The SMILES string of the molecule is CN=C(NCCn1ccnc1)NCC(c1ccc(OC)cc1)N1CCOCC1.I. The molecule has 2 heterocycles. The van der Waals surface area contributed by atoms with Gasteiger partial charge in [-0.15, -0.1) is 24.0 Å². The van der Waals surface area contributed by atoms with Crippen LogP contribution in [0.5, 0.6) is 5.75 Å². The Kier molecular flexibility index (Phi) is 10.2. The molecule has 1 aliphatic rings. The van der Waals surface area contributed by atoms with Crippen molar-refractivity contribution < 1.29 is 9.47 Å². The molecule has 0 spiro atoms. The summed E-state index contributed by atoms with van der Waals surface area (Å²) in [4.78, 5) is 10.9. The van der Waals surface area contributed by atoms with E-state index < -0.39 is 0 Å². The summed E-state index contributed by atoms with van der Waals surface area (Å²) in [5.41, 5.74) is 1.25. The maximum Gasteiger partial charge on any atom is 0.191 e. The summed E-state index contributed by atoms with van der Waals surface area (Å²) in [6.45, 7) is 5.76. The number of hydrogen-bond acceptors (Lipinski definition) is 5. The zero-order chi connectivity index (χ0) is 19.6. The Morgan fingerprint density at radius 1 is 1.24 bits per heavy atom. The lowest BCUT2D eigenvalue weighted by atomic mass is 10.0. The third-order valence-corrected chi connectivity index (χ3v) is 4.90. The number of guanidine groups is 1. The minimum atomic E-state index is 0. The number of morpholine rings is 1. The van der Waals surface area contributed by atoms with Gasteiger partial charge in [0.1, 0.15) is 5.75 Å². The van der Waals surface area contributed by atoms with Crippen LogP contribution in [0.2, 0.25) is 0 Å². The van der Waals surface area contributed by atoms with Crippen molar-refractivity contribution in [1.29, 1.82) is 0 Å². The van der Waals surface area contributed by atoms with Crippen molar-refractivity contribution in [2.75, 3.05) is 53.6 Å². The Balaban J connectivity index is 0.00000300. The fourth-order valence-corrected chi connectivity index (χ4v) is 3.31. The summed E-state index contributed by atoms with van der Waals surface area (Å²) in [5.74, 6) is 1.67. The number of nitrogens with one attached hydrogen (secondary N) is 2. The van der Waals surface area contributed by atoms with E-state index in [-0.39, 0.29) is 30.0 Å². The van der Waals surface area contributed by atoms with Crippen LogP contribution in [0.15, 0.2) is 48.0 Å². The minimum Gasteiger partial charge on any atom is -0.497 e. The Bertz CT molecular complexity index is 717. The van der Waals surface area contributed by atoms with Gasteiger partial charge in [0.2, 0.25) is 0 Å². The van der Waals surface area contributed by atoms with Crippen molar-refractivity contribution in [2.24, 2.45) is 4.99 Å². The number of rotatable bonds is 8. The van der Waals surface area contributed by atoms with Gasteiger partial charge in [-0.25, -0.2) is 4.98 Å². The molecule has 0 bridgehead atoms. The lowest BCUT2D eigenvalue weighted by Crippen LogP contribution is -2.46. The van der Waals surface area contributed by atoms with Crippen LogP contribution in [0, 0.1) is 0 Å². The highest BCUT2D eigenvalue weighted by atomic mass is 127. The third-order valence-electron chi connectivity index (χ3n) is 4.90. The molecule has 9 heteroatoms. The first-order chi connectivity index (χ1) is 13.8. The van der Waals surface area contributed by atoms with E-state index in [1.165, 1.54) is 5.56 Å². The standard InChI is InChI=1S/C20H30N6O2.HI/c1-21-20(23-8-10-25-9-7-22-16-25)24-15-19(26-11-13-28-14-12-26)17-3-5-18(27-2)6-4-17;/h3-7,9,16,19H,8,10-15H2,1-2H3,(H2,21,23,24);1H. The van der Waals surface area contributed by atoms with Crippen molar-refractivity contribution in [3.05, 3.63) is 48.5 Å². The number of imidazole rings is 1. The number of nitrogens with zero attached hydrogens (tertiary/aromatic N) is 4. The van der Waals surface area contributed by atoms with E-state index >= 15 is 0 Å². The number of methoxy groups -OCH3 is 1. The molecule has 0 aliphatic carbocycles. The quantitative estimate of drug-likeness (QED) is 0.318. The van der Waals surface area contributed by atoms with E-state index in [4.69, 9.17) is 9.47 Å². The second-order valence-electron chi connectivity index (χ2n) is 6.62. The van der Waals surface area contributed by atoms with Crippen molar-refractivity contribution in [2.45, 2.75) is 12.6 Å². The second kappa shape index (κ2) is 12.7. The molecular weight excluding hydrogens is 483 g/mol. The molecule has 1 unspecified atom stereocenters. The predicted octanol–water partition coefficient (Wildman–Crippen LogP) is 1.75. The smallest absolute Gasteiger partial charge is 0.191 e. The minimum absolute atomic E-state index is 0. The molecule has 2 aromatic rings. The van der Waals surface area contributed by atoms with E-state index in [9.17, 15) is 0 Å². The van der Waals surface area contributed by atoms with Crippen molar-refractivity contribution in [3.8, 4) is 5.75 Å². The van der Waals surface area contributed by atoms with Crippen molar-refractivity contribution >= 4 is 29.9 Å². The molecule has 0 saturated carbocycles. The highest BCUT2D eigenvalue weighted by Gasteiger charge is 2.23. The molecule has 1 atom stereocenters. The number of aliphatic imine (C=N–C) groups is 1. The average molecular weight is 514 g/mol. The number of hydrogen-bond donors (Lipinski definition) is 2. The molecule has 1 saturated heterocycles. The first-order valence-electron chi connectivity index (χ1n) is 9.66. The van der Waals surface area contributed by atoms with E-state index in [0.717, 1.165) is 57.6 Å². The van der Waals surface area contributed by atoms with Gasteiger partial charge in [0.15, 0.2) is 5.96 Å². The Morgan fingerprint density at radius 2 is 2.00 bits per heavy atom. The molecule has 0 radical (unpaired) electrons. The van der Waals surface area contributed by atoms with E-state index in [0.29, 0.717) is 0 Å². The highest BCUT2D eigenvalue weighted by Crippen LogP contribution is 2.23. The number of aromatic nitrogens is 2. The zero-order valence-corrected chi connectivity index (χ0v) is 19.4. The maximum absolute atomic E-state index is 5.53. The van der Waals surface area contributed by atoms with Gasteiger partial charge >= 0.3 is 0 Å². The van der Waals surface area contributed by atoms with Crippen LogP contribution in [0.4, 0.5) is 0 Å². The third kappa shape index (κ3) is 7.16. The summed E-state index contributed by atoms with van der Waals surface area (Å²) < 4.78 is 12.9. The van der Waals surface area contributed by atoms with Gasteiger partial charge in [0.25, 0.3) is 0 Å². The summed E-state index contributed by atoms with van der Waals surface area (Å²) >= 11 is 0. The van der Waals surface area contributed by atoms with Crippen molar-refractivity contribution in [3.63, 3.8) is 0 Å². The van der Waals surface area contributed by atoms with Crippen LogP contribution < -0.4 is 15.4 Å². The van der Waals surface area contributed by atoms with Gasteiger partial charge in [-0.2, -0.15) is 0 Å². The molecule has 0 amide bonds. The number of ether oxygens (including phenoxy) is 2. The molecule has 1 aliphatic heterocycles. The Labute approximate surface area is 189 Å². The molecule has 160 valence electrons. The molecular formula is C20H31IN6O2. The number of halogens is 1. The molecule has 8 nitrogen and oxygen atoms in total. The Hall–Kier alpha value is -1.85. The van der Waals surface area contributed by atoms with Gasteiger partial charge in [-0.1, -0.05) is 12.1 Å². The largest absolute Gasteiger partial charge is 0.497 e. The zero-order valence-electron chi connectivity index (χ0n) is 17.1. The van der Waals surface area contributed by atoms with E-state index in [1.54, 1.807) is 20.4 Å². The molecule has 1 aromatic heterocycles. The maximum atomic E-state index is 5.53.